The second-order valence-corrected chi connectivity index (χ2v) is 9.17. The first-order valence-electron chi connectivity index (χ1n) is 10.4. The van der Waals surface area contributed by atoms with Crippen molar-refractivity contribution in [3.05, 3.63) is 11.8 Å². The van der Waals surface area contributed by atoms with Crippen LogP contribution in [0, 0.1) is 5.92 Å². The summed E-state index contributed by atoms with van der Waals surface area (Å²) in [6.07, 6.45) is 7.79. The van der Waals surface area contributed by atoms with Gasteiger partial charge in [-0.25, -0.2) is 0 Å². The molecule has 28 heavy (non-hydrogen) atoms. The van der Waals surface area contributed by atoms with Crippen LogP contribution in [-0.4, -0.2) is 51.7 Å². The number of carbonyl (C=O) groups is 1. The summed E-state index contributed by atoms with van der Waals surface area (Å²) in [7, 11) is 2.14. The lowest BCUT2D eigenvalue weighted by atomic mass is 10.0. The van der Waals surface area contributed by atoms with Crippen LogP contribution in [0.15, 0.2) is 6.08 Å². The first kappa shape index (κ1) is 22.8. The van der Waals surface area contributed by atoms with Crippen molar-refractivity contribution in [1.82, 2.24) is 8.75 Å². The van der Waals surface area contributed by atoms with Crippen molar-refractivity contribution in [2.24, 2.45) is 5.92 Å². The monoisotopic (exact) mass is 410 g/mol. The fourth-order valence-corrected chi connectivity index (χ4v) is 3.85. The Morgan fingerprint density at radius 2 is 2.04 bits per heavy atom. The van der Waals surface area contributed by atoms with Gasteiger partial charge < -0.3 is 9.47 Å². The van der Waals surface area contributed by atoms with Crippen molar-refractivity contribution in [2.75, 3.05) is 26.7 Å². The summed E-state index contributed by atoms with van der Waals surface area (Å²) in [4.78, 5) is 12.2. The quantitative estimate of drug-likeness (QED) is 0.319. The van der Waals surface area contributed by atoms with E-state index in [1.54, 1.807) is 0 Å². The van der Waals surface area contributed by atoms with Crippen molar-refractivity contribution in [1.29, 1.82) is 0 Å². The second kappa shape index (κ2) is 9.83. The molecule has 0 saturated carbocycles. The molecule has 0 saturated heterocycles. The highest BCUT2D eigenvalue weighted by Gasteiger charge is 2.46. The molecule has 1 aromatic heterocycles. The van der Waals surface area contributed by atoms with Crippen molar-refractivity contribution < 1.29 is 18.8 Å². The number of rotatable bonds is 10. The molecule has 0 aromatic carbocycles. The molecule has 1 aromatic rings. The zero-order chi connectivity index (χ0) is 20.8. The number of unbranched alkanes of at least 4 members (excludes halogenated alkanes) is 3. The number of aromatic nitrogens is 2. The second-order valence-electron chi connectivity index (χ2n) is 8.65. The third-order valence-corrected chi connectivity index (χ3v) is 6.17. The lowest BCUT2D eigenvalue weighted by Crippen LogP contribution is -2.63. The van der Waals surface area contributed by atoms with Crippen LogP contribution >= 0.6 is 11.7 Å². The number of hydrogen-bond acceptors (Lipinski definition) is 6. The number of quaternary nitrogens is 1. The number of likely N-dealkylation sites (N-methyl/N-ethyl adjacent to an activating group) is 1. The van der Waals surface area contributed by atoms with E-state index in [1.165, 1.54) is 31.0 Å². The maximum absolute atomic E-state index is 12.2. The normalized spacial score (nSPS) is 20.2. The van der Waals surface area contributed by atoms with Crippen molar-refractivity contribution in [3.8, 4) is 5.88 Å². The van der Waals surface area contributed by atoms with Crippen LogP contribution in [0.2, 0.25) is 0 Å². The van der Waals surface area contributed by atoms with E-state index in [0.29, 0.717) is 17.0 Å². The van der Waals surface area contributed by atoms with Gasteiger partial charge in [0, 0.05) is 25.8 Å². The highest BCUT2D eigenvalue weighted by atomic mass is 32.1. The Bertz CT molecular complexity index is 684. The summed E-state index contributed by atoms with van der Waals surface area (Å²) in [6.45, 7) is 12.3. The molecule has 0 radical (unpaired) electrons. The zero-order valence-corrected chi connectivity index (χ0v) is 19.1. The molecule has 1 aliphatic rings. The number of carbonyl (C=O) groups excluding carboxylic acids is 1. The van der Waals surface area contributed by atoms with E-state index in [2.05, 4.69) is 28.8 Å². The smallest absolute Gasteiger partial charge is 0.313 e. The predicted octanol–water partition coefficient (Wildman–Crippen LogP) is 4.67. The van der Waals surface area contributed by atoms with E-state index >= 15 is 0 Å². The Morgan fingerprint density at radius 1 is 1.29 bits per heavy atom. The Morgan fingerprint density at radius 3 is 2.71 bits per heavy atom. The molecule has 0 fully saturated rings. The number of hydrogen-bond donors (Lipinski definition) is 0. The molecule has 0 N–H and O–H groups in total. The van der Waals surface area contributed by atoms with Crippen molar-refractivity contribution >= 4 is 23.3 Å². The molecular formula is C21H36N3O3S+. The molecule has 0 spiro atoms. The Balaban J connectivity index is 2.08. The summed E-state index contributed by atoms with van der Waals surface area (Å²) < 4.78 is 21.3. The first-order chi connectivity index (χ1) is 13.2. The third kappa shape index (κ3) is 5.54. The van der Waals surface area contributed by atoms with Crippen LogP contribution < -0.4 is 4.74 Å². The molecule has 1 aliphatic heterocycles. The lowest BCUT2D eigenvalue weighted by Gasteiger charge is -2.48. The van der Waals surface area contributed by atoms with E-state index in [1.807, 2.05) is 27.7 Å². The molecule has 7 heteroatoms. The van der Waals surface area contributed by atoms with Crippen LogP contribution in [-0.2, 0) is 9.53 Å². The van der Waals surface area contributed by atoms with E-state index in [9.17, 15) is 4.79 Å². The standard InChI is InChI=1S/C21H36N3O3S/c1-7-8-9-10-14-26-19-18(22-28-23-19)17-12-11-13-24(6,15-17)21(4,5)27-20(25)16(2)3/h12,16H,7-11,13-15H2,1-6H3/q+1. The Kier molecular flexibility index (Phi) is 8.01. The molecule has 0 amide bonds. The molecule has 0 bridgehead atoms. The van der Waals surface area contributed by atoms with Gasteiger partial charge >= 0.3 is 5.97 Å². The third-order valence-electron chi connectivity index (χ3n) is 5.65. The van der Waals surface area contributed by atoms with Gasteiger partial charge in [0.25, 0.3) is 5.88 Å². The van der Waals surface area contributed by atoms with E-state index < -0.39 is 5.72 Å². The molecular weight excluding hydrogens is 374 g/mol. The highest BCUT2D eigenvalue weighted by molar-refractivity contribution is 6.99. The summed E-state index contributed by atoms with van der Waals surface area (Å²) in [6, 6.07) is 0. The highest BCUT2D eigenvalue weighted by Crippen LogP contribution is 2.35. The minimum absolute atomic E-state index is 0.138. The molecule has 6 nitrogen and oxygen atoms in total. The predicted molar refractivity (Wildman–Crippen MR) is 113 cm³/mol. The SMILES string of the molecule is CCCCCCOc1nsnc1C1=CCC[N+](C)(C(C)(C)OC(=O)C(C)C)C1. The largest absolute Gasteiger partial charge is 0.475 e. The molecule has 158 valence electrons. The van der Waals surface area contributed by atoms with Crippen LogP contribution in [0.1, 0.15) is 72.4 Å². The minimum Gasteiger partial charge on any atom is -0.475 e. The van der Waals surface area contributed by atoms with Crippen LogP contribution in [0.25, 0.3) is 5.57 Å². The maximum atomic E-state index is 12.2. The van der Waals surface area contributed by atoms with Crippen molar-refractivity contribution in [3.63, 3.8) is 0 Å². The Hall–Kier alpha value is -1.47. The fraction of sp³-hybridized carbons (Fsp3) is 0.762. The number of esters is 1. The van der Waals surface area contributed by atoms with Gasteiger partial charge in [-0.1, -0.05) is 46.1 Å². The van der Waals surface area contributed by atoms with Gasteiger partial charge in [-0.3, -0.25) is 9.28 Å². The number of nitrogens with zero attached hydrogens (tertiary/aromatic N) is 3. The molecule has 2 heterocycles. The minimum atomic E-state index is -0.620. The van der Waals surface area contributed by atoms with Crippen molar-refractivity contribution in [2.45, 2.75) is 72.4 Å². The van der Waals surface area contributed by atoms with Gasteiger partial charge in [-0.2, -0.15) is 4.37 Å². The molecule has 0 aliphatic carbocycles. The fourth-order valence-electron chi connectivity index (χ4n) is 3.32. The van der Waals surface area contributed by atoms with E-state index in [4.69, 9.17) is 9.47 Å². The molecule has 1 unspecified atom stereocenters. The van der Waals surface area contributed by atoms with Crippen LogP contribution in [0.4, 0.5) is 0 Å². The maximum Gasteiger partial charge on any atom is 0.313 e. The van der Waals surface area contributed by atoms with Gasteiger partial charge in [0.05, 0.1) is 37.8 Å². The average Bonchev–Trinajstić information content (AvgIpc) is 3.09. The summed E-state index contributed by atoms with van der Waals surface area (Å²) in [5.41, 5.74) is 1.35. The summed E-state index contributed by atoms with van der Waals surface area (Å²) >= 11 is 1.19. The molecule has 1 atom stereocenters. The Labute approximate surface area is 173 Å². The summed E-state index contributed by atoms with van der Waals surface area (Å²) in [5.74, 6) is 0.339. The van der Waals surface area contributed by atoms with E-state index in [0.717, 1.165) is 37.2 Å². The van der Waals surface area contributed by atoms with Crippen LogP contribution in [0.5, 0.6) is 5.88 Å². The van der Waals surface area contributed by atoms with Gasteiger partial charge in [-0.05, 0) is 6.42 Å². The van der Waals surface area contributed by atoms with Gasteiger partial charge in [-0.15, -0.1) is 4.37 Å². The molecule has 2 rings (SSSR count). The lowest BCUT2D eigenvalue weighted by molar-refractivity contribution is -0.971. The van der Waals surface area contributed by atoms with E-state index in [-0.39, 0.29) is 11.9 Å². The van der Waals surface area contributed by atoms with Gasteiger partial charge in [0.2, 0.25) is 5.72 Å². The summed E-state index contributed by atoms with van der Waals surface area (Å²) in [5, 5.41) is 0. The number of ether oxygens (including phenoxy) is 2. The average molecular weight is 411 g/mol. The van der Waals surface area contributed by atoms with Gasteiger partial charge in [0.1, 0.15) is 12.2 Å². The van der Waals surface area contributed by atoms with Gasteiger partial charge in [0.15, 0.2) is 0 Å². The topological polar surface area (TPSA) is 61.3 Å². The first-order valence-corrected chi connectivity index (χ1v) is 11.2. The zero-order valence-electron chi connectivity index (χ0n) is 18.3. The van der Waals surface area contributed by atoms with Crippen LogP contribution in [0.3, 0.4) is 0 Å².